The topological polar surface area (TPSA) is 9.23 Å². The van der Waals surface area contributed by atoms with Gasteiger partial charge in [0, 0.05) is 27.3 Å². The van der Waals surface area contributed by atoms with Gasteiger partial charge in [0.05, 0.1) is 0 Å². The van der Waals surface area contributed by atoms with E-state index in [-0.39, 0.29) is 27.3 Å². The van der Waals surface area contributed by atoms with Crippen molar-refractivity contribution in [3.63, 3.8) is 0 Å². The minimum Gasteiger partial charge on any atom is 0 e. The first-order chi connectivity index (χ1) is 13.8. The zero-order valence-electron chi connectivity index (χ0n) is 19.8. The van der Waals surface area contributed by atoms with E-state index in [2.05, 4.69) is 60.7 Å². The van der Waals surface area contributed by atoms with Crippen LogP contribution in [0.2, 0.25) is 0 Å². The minimum absolute atomic E-state index is 0. The van der Waals surface area contributed by atoms with Crippen LogP contribution in [0.25, 0.3) is 0 Å². The molecule has 4 aliphatic carbocycles. The molecule has 0 aromatic rings. The van der Waals surface area contributed by atoms with Gasteiger partial charge in [-0.15, -0.1) is 0 Å². The Morgan fingerprint density at radius 1 is 1.07 bits per heavy atom. The van der Waals surface area contributed by atoms with Crippen molar-refractivity contribution in [3.8, 4) is 0 Å². The number of hydrogen-bond donors (Lipinski definition) is 0. The predicted octanol–water partition coefficient (Wildman–Crippen LogP) is 7.47. The molecule has 1 radical (unpaired) electrons. The average Bonchev–Trinajstić information content (AvgIpc) is 3.04. The molecule has 0 aromatic carbocycles. The summed E-state index contributed by atoms with van der Waals surface area (Å²) < 4.78 is 5.87. The van der Waals surface area contributed by atoms with Crippen molar-refractivity contribution < 1.29 is 4.18 Å². The average molecular weight is 638 g/mol. The van der Waals surface area contributed by atoms with Crippen molar-refractivity contribution in [1.29, 1.82) is 0 Å². The van der Waals surface area contributed by atoms with Gasteiger partial charge in [-0.1, -0.05) is 32.9 Å². The van der Waals surface area contributed by atoms with E-state index in [1.54, 1.807) is 5.57 Å². The van der Waals surface area contributed by atoms with E-state index in [9.17, 15) is 0 Å². The molecule has 0 bridgehead atoms. The summed E-state index contributed by atoms with van der Waals surface area (Å²) in [6, 6.07) is 0. The molecule has 8 atom stereocenters. The largest absolute Gasteiger partial charge is 0 e. The third kappa shape index (κ3) is 4.56. The summed E-state index contributed by atoms with van der Waals surface area (Å²) in [5.74, 6) is 5.01. The van der Waals surface area contributed by atoms with Gasteiger partial charge >= 0.3 is 146 Å². The van der Waals surface area contributed by atoms with Crippen LogP contribution in [0.3, 0.4) is 0 Å². The Bertz CT molecular complexity index is 727. The van der Waals surface area contributed by atoms with Gasteiger partial charge in [0.15, 0.2) is 0 Å². The Morgan fingerprint density at radius 3 is 2.53 bits per heavy atom. The molecule has 3 saturated carbocycles. The van der Waals surface area contributed by atoms with E-state index in [1.807, 2.05) is 0 Å². The van der Waals surface area contributed by atoms with Gasteiger partial charge in [0.1, 0.15) is 0 Å². The Labute approximate surface area is 211 Å². The van der Waals surface area contributed by atoms with Crippen LogP contribution in [0.5, 0.6) is 0 Å². The van der Waals surface area contributed by atoms with Gasteiger partial charge in [-0.05, 0) is 5.92 Å². The van der Waals surface area contributed by atoms with Crippen LogP contribution in [0.1, 0.15) is 86.0 Å². The van der Waals surface area contributed by atoms with Gasteiger partial charge in [-0.25, -0.2) is 0 Å². The monoisotopic (exact) mass is 638 g/mol. The molecule has 0 amide bonds. The molecule has 0 aromatic heterocycles. The third-order valence-corrected chi connectivity index (χ3v) is 10.4. The van der Waals surface area contributed by atoms with Crippen LogP contribution in [-0.2, 0) is 15.2 Å². The number of allylic oxidation sites excluding steroid dienone is 3. The fourth-order valence-electron chi connectivity index (χ4n) is 8.22. The molecule has 167 valence electrons. The predicted molar refractivity (Wildman–Crippen MR) is 135 cm³/mol. The third-order valence-electron chi connectivity index (χ3n) is 9.76. The molecule has 0 aliphatic heterocycles. The molecule has 4 aliphatic rings. The molecule has 0 saturated heterocycles. The fourth-order valence-corrected chi connectivity index (χ4v) is 8.93. The Balaban J connectivity index is 0.00000256. The van der Waals surface area contributed by atoms with Crippen LogP contribution >= 0.6 is 7.81 Å². The molecule has 1 nitrogen and oxygen atoms in total. The van der Waals surface area contributed by atoms with E-state index >= 15 is 0 Å². The minimum atomic E-state index is 0. The van der Waals surface area contributed by atoms with Gasteiger partial charge in [0.2, 0.25) is 0 Å². The van der Waals surface area contributed by atoms with E-state index in [0.29, 0.717) is 22.9 Å². The van der Waals surface area contributed by atoms with E-state index in [4.69, 9.17) is 4.18 Å². The van der Waals surface area contributed by atoms with Crippen LogP contribution < -0.4 is 0 Å². The summed E-state index contributed by atoms with van der Waals surface area (Å²) in [4.78, 5) is 0. The Hall–Kier alpha value is 1.14. The van der Waals surface area contributed by atoms with Gasteiger partial charge in [0.25, 0.3) is 0 Å². The second-order valence-corrected chi connectivity index (χ2v) is 12.4. The molecular weight excluding hydrogens is 596 g/mol. The van der Waals surface area contributed by atoms with Crippen molar-refractivity contribution in [3.05, 3.63) is 23.8 Å². The first kappa shape index (κ1) is 25.8. The first-order valence-electron chi connectivity index (χ1n) is 12.2. The molecule has 30 heavy (non-hydrogen) atoms. The quantitative estimate of drug-likeness (QED) is 0.102. The molecule has 0 unspecified atom stereocenters. The summed E-state index contributed by atoms with van der Waals surface area (Å²) in [5, 5.41) is 0. The summed E-state index contributed by atoms with van der Waals surface area (Å²) in [6.45, 7) is 12.4. The molecule has 4 rings (SSSR count). The van der Waals surface area contributed by atoms with Gasteiger partial charge < -0.3 is 0 Å². The molecule has 0 heterocycles. The summed E-state index contributed by atoms with van der Waals surface area (Å²) in [7, 11) is 4.27. The fraction of sp³-hybridized carbons (Fsp3) is 0.846. The maximum atomic E-state index is 5.87. The van der Waals surface area contributed by atoms with Crippen LogP contribution in [-0.4, -0.2) is 33.4 Å². The molecule has 0 N–H and O–H groups in total. The number of fused-ring (bicyclic) bond motifs is 5. The van der Waals surface area contributed by atoms with Crippen molar-refractivity contribution in [2.75, 3.05) is 0 Å². The molecule has 4 heteroatoms. The summed E-state index contributed by atoms with van der Waals surface area (Å²) >= 11 is 0.791. The van der Waals surface area contributed by atoms with E-state index < -0.39 is 0 Å². The zero-order chi connectivity index (χ0) is 20.8. The SMILES string of the molecule is CC(C)/C=C/[C@@H](C)[C@H]1CC[C@H]2[C@@H]3CC=C4C[C@@H](O[SH-]#P)CC[C@]4(C)[C@H]3CC[C@]12C.[Tl]. The van der Waals surface area contributed by atoms with Crippen molar-refractivity contribution in [1.82, 2.24) is 0 Å². The number of thiol groups is 1. The Morgan fingerprint density at radius 2 is 1.83 bits per heavy atom. The van der Waals surface area contributed by atoms with Crippen LogP contribution in [0, 0.1) is 46.3 Å². The second kappa shape index (κ2) is 10.2. The molecular formula is C26H42OPSTl-. The Kier molecular flexibility index (Phi) is 8.74. The summed E-state index contributed by atoms with van der Waals surface area (Å²) in [6.07, 6.45) is 18.8. The smallest absolute Gasteiger partial charge is 0 e. The maximum absolute atomic E-state index is 5.87. The number of hydrogen-bond acceptors (Lipinski definition) is 2. The van der Waals surface area contributed by atoms with Gasteiger partial charge in [-0.2, -0.15) is 0 Å². The van der Waals surface area contributed by atoms with E-state index in [0.717, 1.165) is 47.0 Å². The number of rotatable bonds is 4. The normalized spacial score (nSPS) is 44.0. The van der Waals surface area contributed by atoms with Crippen molar-refractivity contribution >= 4 is 46.1 Å². The van der Waals surface area contributed by atoms with Crippen LogP contribution in [0.4, 0.5) is 0 Å². The first-order valence-corrected chi connectivity index (χ1v) is 14.1. The summed E-state index contributed by atoms with van der Waals surface area (Å²) in [5.41, 5.74) is 2.70. The van der Waals surface area contributed by atoms with Crippen molar-refractivity contribution in [2.45, 2.75) is 92.1 Å². The van der Waals surface area contributed by atoms with Crippen molar-refractivity contribution in [2.24, 2.45) is 46.3 Å². The second-order valence-electron chi connectivity index (χ2n) is 11.5. The maximum Gasteiger partial charge on any atom is 0 e. The standard InChI is InChI=1S/C26H42OPS.Tl/c1-17(2)6-7-18(3)22-10-11-23-21-9-8-19-16-20(27-29-28)12-14-25(19,4)24(21)13-15-26(22,23)5;/h6-8,17-18,20-24,29H,9-16H2,1-5H3;/q-1;/b7-6+;/t18-,20+,21+,22-,23+,24+,25+,26-;/m1./s1. The van der Waals surface area contributed by atoms with Crippen LogP contribution in [0.15, 0.2) is 23.8 Å². The molecule has 3 fully saturated rings. The zero-order valence-corrected chi connectivity index (χ0v) is 26.1. The van der Waals surface area contributed by atoms with Gasteiger partial charge in [-0.3, -0.25) is 0 Å². The molecule has 0 spiro atoms. The van der Waals surface area contributed by atoms with E-state index in [1.165, 1.54) is 44.9 Å².